The first kappa shape index (κ1) is 26.1. The van der Waals surface area contributed by atoms with Gasteiger partial charge in [-0.1, -0.05) is 45.9 Å². The highest BCUT2D eigenvalue weighted by atomic mass is 19.1. The molecule has 7 heteroatoms. The summed E-state index contributed by atoms with van der Waals surface area (Å²) in [6.07, 6.45) is 2.60. The van der Waals surface area contributed by atoms with Crippen molar-refractivity contribution in [2.45, 2.75) is 71.6 Å². The smallest absolute Gasteiger partial charge is 0.261 e. The predicted molar refractivity (Wildman–Crippen MR) is 136 cm³/mol. The van der Waals surface area contributed by atoms with Crippen molar-refractivity contribution < 1.29 is 23.5 Å². The van der Waals surface area contributed by atoms with E-state index in [0.29, 0.717) is 37.2 Å². The molecule has 0 aliphatic carbocycles. The molecule has 1 N–H and O–H groups in total. The molecule has 0 radical (unpaired) electrons. The number of nitrogens with one attached hydrogen (secondary N) is 1. The number of benzene rings is 2. The molecule has 2 aromatic carbocycles. The van der Waals surface area contributed by atoms with Crippen molar-refractivity contribution in [1.82, 2.24) is 10.2 Å². The highest BCUT2D eigenvalue weighted by Gasteiger charge is 2.37. The van der Waals surface area contributed by atoms with Gasteiger partial charge in [-0.05, 0) is 66.6 Å². The van der Waals surface area contributed by atoms with E-state index < -0.39 is 17.6 Å². The molecule has 0 unspecified atom stereocenters. The molecule has 2 aliphatic rings. The highest BCUT2D eigenvalue weighted by molar-refractivity contribution is 5.83. The summed E-state index contributed by atoms with van der Waals surface area (Å²) in [5.41, 5.74) is 2.13. The summed E-state index contributed by atoms with van der Waals surface area (Å²) in [5, 5.41) is 2.95. The largest absolute Gasteiger partial charge is 0.481 e. The third-order valence-corrected chi connectivity index (χ3v) is 6.88. The standard InChI is InChI=1S/C29H37FN2O4/c1-5-25(27(33)31-18-23-10-7-15-35-23)36-22-12-11-19-13-14-32(28(34)29(2,3)4)26(24(19)17-22)20-8-6-9-21(30)16-20/h6,8-9,11-12,16-17,23,25-26H,5,7,10,13-15,18H2,1-4H3,(H,31,33)/t23-,25-,26+/m0/s1. The average Bonchev–Trinajstić information content (AvgIpc) is 3.37. The average molecular weight is 497 g/mol. The van der Waals surface area contributed by atoms with E-state index in [-0.39, 0.29) is 23.7 Å². The summed E-state index contributed by atoms with van der Waals surface area (Å²) < 4.78 is 26.0. The molecule has 0 bridgehead atoms. The van der Waals surface area contributed by atoms with Crippen LogP contribution in [0.3, 0.4) is 0 Å². The van der Waals surface area contributed by atoms with E-state index in [9.17, 15) is 14.0 Å². The Labute approximate surface area is 213 Å². The van der Waals surface area contributed by atoms with Gasteiger partial charge in [0, 0.05) is 25.1 Å². The molecule has 194 valence electrons. The fourth-order valence-corrected chi connectivity index (χ4v) is 4.97. The van der Waals surface area contributed by atoms with Crippen LogP contribution in [0.25, 0.3) is 0 Å². The Balaban J connectivity index is 1.61. The number of carbonyl (C=O) groups excluding carboxylic acids is 2. The molecule has 2 aliphatic heterocycles. The maximum absolute atomic E-state index is 14.2. The molecule has 0 aromatic heterocycles. The van der Waals surface area contributed by atoms with Crippen LogP contribution in [0.1, 0.15) is 69.7 Å². The Morgan fingerprint density at radius 1 is 1.22 bits per heavy atom. The van der Waals surface area contributed by atoms with E-state index in [1.807, 2.05) is 56.9 Å². The second-order valence-corrected chi connectivity index (χ2v) is 10.7. The predicted octanol–water partition coefficient (Wildman–Crippen LogP) is 4.80. The van der Waals surface area contributed by atoms with E-state index in [4.69, 9.17) is 9.47 Å². The lowest BCUT2D eigenvalue weighted by Gasteiger charge is -2.41. The number of rotatable bonds is 7. The molecule has 2 heterocycles. The van der Waals surface area contributed by atoms with Gasteiger partial charge in [-0.3, -0.25) is 9.59 Å². The number of fused-ring (bicyclic) bond motifs is 1. The van der Waals surface area contributed by atoms with Gasteiger partial charge in [-0.25, -0.2) is 4.39 Å². The van der Waals surface area contributed by atoms with E-state index in [0.717, 1.165) is 30.6 Å². The summed E-state index contributed by atoms with van der Waals surface area (Å²) in [6.45, 7) is 9.37. The fourth-order valence-electron chi connectivity index (χ4n) is 4.97. The first-order chi connectivity index (χ1) is 17.2. The van der Waals surface area contributed by atoms with Crippen LogP contribution in [0.4, 0.5) is 4.39 Å². The van der Waals surface area contributed by atoms with E-state index >= 15 is 0 Å². The third kappa shape index (κ3) is 5.89. The number of amides is 2. The van der Waals surface area contributed by atoms with Crippen LogP contribution in [0, 0.1) is 11.2 Å². The van der Waals surface area contributed by atoms with Gasteiger partial charge in [-0.2, -0.15) is 0 Å². The van der Waals surface area contributed by atoms with Gasteiger partial charge in [0.2, 0.25) is 5.91 Å². The Kier molecular flexibility index (Phi) is 7.98. The molecule has 2 amide bonds. The summed E-state index contributed by atoms with van der Waals surface area (Å²) in [7, 11) is 0. The SMILES string of the molecule is CC[C@H](Oc1ccc2c(c1)[C@@H](c1cccc(F)c1)N(C(=O)C(C)(C)C)CC2)C(=O)NC[C@@H]1CCCO1. The second-order valence-electron chi connectivity index (χ2n) is 10.7. The third-order valence-electron chi connectivity index (χ3n) is 6.88. The number of hydrogen-bond acceptors (Lipinski definition) is 4. The van der Waals surface area contributed by atoms with Gasteiger partial charge in [-0.15, -0.1) is 0 Å². The van der Waals surface area contributed by atoms with Crippen molar-refractivity contribution in [2.24, 2.45) is 5.41 Å². The Morgan fingerprint density at radius 3 is 2.69 bits per heavy atom. The lowest BCUT2D eigenvalue weighted by atomic mass is 9.85. The molecule has 6 nitrogen and oxygen atoms in total. The van der Waals surface area contributed by atoms with Gasteiger partial charge in [0.1, 0.15) is 11.6 Å². The number of ether oxygens (including phenoxy) is 2. The molecule has 1 saturated heterocycles. The lowest BCUT2D eigenvalue weighted by molar-refractivity contribution is -0.141. The van der Waals surface area contributed by atoms with Crippen LogP contribution in [0.5, 0.6) is 5.75 Å². The maximum Gasteiger partial charge on any atom is 0.261 e. The monoisotopic (exact) mass is 496 g/mol. The molecule has 1 fully saturated rings. The molecule has 36 heavy (non-hydrogen) atoms. The van der Waals surface area contributed by atoms with Crippen molar-refractivity contribution >= 4 is 11.8 Å². The van der Waals surface area contributed by atoms with Crippen molar-refractivity contribution in [3.8, 4) is 5.75 Å². The number of nitrogens with zero attached hydrogens (tertiary/aromatic N) is 1. The summed E-state index contributed by atoms with van der Waals surface area (Å²) in [4.78, 5) is 28.1. The van der Waals surface area contributed by atoms with Gasteiger partial charge >= 0.3 is 0 Å². The Morgan fingerprint density at radius 2 is 2.03 bits per heavy atom. The first-order valence-corrected chi connectivity index (χ1v) is 12.9. The number of halogens is 1. The minimum Gasteiger partial charge on any atom is -0.481 e. The van der Waals surface area contributed by atoms with Gasteiger partial charge in [0.25, 0.3) is 5.91 Å². The summed E-state index contributed by atoms with van der Waals surface area (Å²) >= 11 is 0. The number of carbonyl (C=O) groups is 2. The molecular weight excluding hydrogens is 459 g/mol. The zero-order valence-electron chi connectivity index (χ0n) is 21.7. The Bertz CT molecular complexity index is 1090. The minimum absolute atomic E-state index is 0.00803. The van der Waals surface area contributed by atoms with E-state index in [2.05, 4.69) is 5.32 Å². The number of hydrogen-bond donors (Lipinski definition) is 1. The van der Waals surface area contributed by atoms with Gasteiger partial charge in [0.05, 0.1) is 12.1 Å². The summed E-state index contributed by atoms with van der Waals surface area (Å²) in [5.74, 6) is 0.0501. The molecule has 4 rings (SSSR count). The topological polar surface area (TPSA) is 67.9 Å². The van der Waals surface area contributed by atoms with E-state index in [1.165, 1.54) is 12.1 Å². The van der Waals surface area contributed by atoms with Crippen LogP contribution in [0.15, 0.2) is 42.5 Å². The Hall–Kier alpha value is -2.93. The zero-order chi connectivity index (χ0) is 25.9. The molecular formula is C29H37FN2O4. The van der Waals surface area contributed by atoms with Gasteiger partial charge in [0.15, 0.2) is 6.10 Å². The lowest BCUT2D eigenvalue weighted by Crippen LogP contribution is -2.45. The van der Waals surface area contributed by atoms with Crippen LogP contribution >= 0.6 is 0 Å². The minimum atomic E-state index is -0.645. The zero-order valence-corrected chi connectivity index (χ0v) is 21.7. The first-order valence-electron chi connectivity index (χ1n) is 12.9. The molecule has 0 spiro atoms. The van der Waals surface area contributed by atoms with Crippen molar-refractivity contribution in [3.05, 3.63) is 65.0 Å². The normalized spacial score (nSPS) is 20.5. The molecule has 2 aromatic rings. The van der Waals surface area contributed by atoms with Crippen molar-refractivity contribution in [1.29, 1.82) is 0 Å². The highest BCUT2D eigenvalue weighted by Crippen LogP contribution is 2.39. The second kappa shape index (κ2) is 11.0. The summed E-state index contributed by atoms with van der Waals surface area (Å²) in [6, 6.07) is 11.8. The van der Waals surface area contributed by atoms with Crippen molar-refractivity contribution in [2.75, 3.05) is 19.7 Å². The quantitative estimate of drug-likeness (QED) is 0.598. The van der Waals surface area contributed by atoms with Crippen LogP contribution in [-0.4, -0.2) is 48.6 Å². The molecule has 3 atom stereocenters. The van der Waals surface area contributed by atoms with Gasteiger partial charge < -0.3 is 19.7 Å². The van der Waals surface area contributed by atoms with Crippen LogP contribution in [0.2, 0.25) is 0 Å². The van der Waals surface area contributed by atoms with Crippen LogP contribution in [-0.2, 0) is 20.7 Å². The fraction of sp³-hybridized carbons (Fsp3) is 0.517. The van der Waals surface area contributed by atoms with Crippen molar-refractivity contribution in [3.63, 3.8) is 0 Å². The van der Waals surface area contributed by atoms with Crippen LogP contribution < -0.4 is 10.1 Å². The maximum atomic E-state index is 14.2. The molecule has 0 saturated carbocycles. The van der Waals surface area contributed by atoms with E-state index in [1.54, 1.807) is 6.07 Å².